The fraction of sp³-hybridized carbons (Fsp3) is 0.300. The summed E-state index contributed by atoms with van der Waals surface area (Å²) in [6.07, 6.45) is 5.30. The van der Waals surface area contributed by atoms with Crippen LogP contribution in [-0.2, 0) is 9.53 Å². The second-order valence-electron chi connectivity index (χ2n) is 1.84. The Kier molecular flexibility index (Phi) is 13.7. The molecule has 68 valence electrons. The Hall–Kier alpha value is -1.31. The Balaban J connectivity index is 0. The van der Waals surface area contributed by atoms with Crippen molar-refractivity contribution in [2.75, 3.05) is 6.61 Å². The van der Waals surface area contributed by atoms with Gasteiger partial charge in [0.1, 0.15) is 0 Å². The van der Waals surface area contributed by atoms with Crippen molar-refractivity contribution in [3.05, 3.63) is 38.0 Å². The lowest BCUT2D eigenvalue weighted by molar-refractivity contribution is -0.137. The predicted molar refractivity (Wildman–Crippen MR) is 51.8 cm³/mol. The number of carbonyl (C=O) groups excluding carboxylic acids is 1. The van der Waals surface area contributed by atoms with Gasteiger partial charge in [0.2, 0.25) is 0 Å². The number of carbonyl (C=O) groups is 1. The van der Waals surface area contributed by atoms with Gasteiger partial charge >= 0.3 is 5.97 Å². The van der Waals surface area contributed by atoms with Gasteiger partial charge in [-0.2, -0.15) is 0 Å². The van der Waals surface area contributed by atoms with Gasteiger partial charge < -0.3 is 4.74 Å². The fourth-order valence-electron chi connectivity index (χ4n) is 0.262. The minimum atomic E-state index is -0.341. The van der Waals surface area contributed by atoms with E-state index in [1.54, 1.807) is 12.2 Å². The lowest BCUT2D eigenvalue weighted by Gasteiger charge is -1.94. The zero-order valence-corrected chi connectivity index (χ0v) is 7.58. The maximum Gasteiger partial charge on any atom is 0.330 e. The summed E-state index contributed by atoms with van der Waals surface area (Å²) in [6.45, 7) is 12.4. The van der Waals surface area contributed by atoms with E-state index in [2.05, 4.69) is 24.5 Å². The van der Waals surface area contributed by atoms with E-state index in [1.165, 1.54) is 0 Å². The van der Waals surface area contributed by atoms with Crippen LogP contribution in [-0.4, -0.2) is 12.6 Å². The van der Waals surface area contributed by atoms with Crippen LogP contribution in [0.4, 0.5) is 0 Å². The quantitative estimate of drug-likeness (QED) is 0.366. The summed E-state index contributed by atoms with van der Waals surface area (Å²) in [4.78, 5) is 10.2. The van der Waals surface area contributed by atoms with E-state index in [1.807, 2.05) is 6.92 Å². The molecular formula is C10H16O2. The molecule has 0 aromatic rings. The van der Waals surface area contributed by atoms with Crippen molar-refractivity contribution in [2.45, 2.75) is 13.3 Å². The third-order valence-corrected chi connectivity index (χ3v) is 0.782. The van der Waals surface area contributed by atoms with Crippen LogP contribution in [0.15, 0.2) is 38.0 Å². The Labute approximate surface area is 74.2 Å². The van der Waals surface area contributed by atoms with Crippen molar-refractivity contribution in [3.63, 3.8) is 0 Å². The van der Waals surface area contributed by atoms with E-state index >= 15 is 0 Å². The molecule has 0 aromatic carbocycles. The Morgan fingerprint density at radius 3 is 2.08 bits per heavy atom. The normalized spacial score (nSPS) is 7.08. The number of ether oxygens (including phenoxy) is 1. The van der Waals surface area contributed by atoms with Gasteiger partial charge in [0.05, 0.1) is 6.61 Å². The first-order chi connectivity index (χ1) is 5.72. The monoisotopic (exact) mass is 168 g/mol. The lowest BCUT2D eigenvalue weighted by atomic mass is 10.5. The van der Waals surface area contributed by atoms with Crippen LogP contribution >= 0.6 is 0 Å². The van der Waals surface area contributed by atoms with Gasteiger partial charge in [-0.05, 0) is 6.42 Å². The molecule has 0 heterocycles. The van der Waals surface area contributed by atoms with Gasteiger partial charge in [-0.3, -0.25) is 0 Å². The van der Waals surface area contributed by atoms with Crippen molar-refractivity contribution in [3.8, 4) is 0 Å². The van der Waals surface area contributed by atoms with Crippen molar-refractivity contribution >= 4 is 5.97 Å². The molecule has 0 aliphatic rings. The number of esters is 1. The molecule has 0 aliphatic heterocycles. The number of hydrogen-bond donors (Lipinski definition) is 0. The van der Waals surface area contributed by atoms with E-state index < -0.39 is 0 Å². The molecule has 0 unspecified atom stereocenters. The summed E-state index contributed by atoms with van der Waals surface area (Å²) < 4.78 is 4.58. The van der Waals surface area contributed by atoms with E-state index in [4.69, 9.17) is 0 Å². The van der Waals surface area contributed by atoms with Gasteiger partial charge in [0.25, 0.3) is 0 Å². The van der Waals surface area contributed by atoms with Gasteiger partial charge in [-0.1, -0.05) is 38.8 Å². The van der Waals surface area contributed by atoms with Crippen molar-refractivity contribution in [2.24, 2.45) is 0 Å². The first-order valence-electron chi connectivity index (χ1n) is 3.75. The predicted octanol–water partition coefficient (Wildman–Crippen LogP) is 2.48. The number of allylic oxidation sites excluding steroid dienone is 2. The van der Waals surface area contributed by atoms with Gasteiger partial charge in [0.15, 0.2) is 0 Å². The molecule has 0 aliphatic carbocycles. The minimum absolute atomic E-state index is 0.341. The smallest absolute Gasteiger partial charge is 0.330 e. The van der Waals surface area contributed by atoms with Gasteiger partial charge in [-0.25, -0.2) is 4.79 Å². The summed E-state index contributed by atoms with van der Waals surface area (Å²) in [6, 6.07) is 0. The van der Waals surface area contributed by atoms with Crippen LogP contribution in [0.2, 0.25) is 0 Å². The molecule has 0 N–H and O–H groups in total. The van der Waals surface area contributed by atoms with E-state index in [0.29, 0.717) is 6.61 Å². The largest absolute Gasteiger partial charge is 0.463 e. The third kappa shape index (κ3) is 15.9. The van der Waals surface area contributed by atoms with Gasteiger partial charge in [-0.15, -0.1) is 0 Å². The Morgan fingerprint density at radius 2 is 1.83 bits per heavy atom. The van der Waals surface area contributed by atoms with Crippen molar-refractivity contribution < 1.29 is 9.53 Å². The summed E-state index contributed by atoms with van der Waals surface area (Å²) >= 11 is 0. The topological polar surface area (TPSA) is 26.3 Å². The van der Waals surface area contributed by atoms with E-state index in [9.17, 15) is 4.79 Å². The zero-order chi connectivity index (χ0) is 9.82. The van der Waals surface area contributed by atoms with Crippen molar-refractivity contribution in [1.29, 1.82) is 0 Å². The van der Waals surface area contributed by atoms with Crippen LogP contribution in [0.5, 0.6) is 0 Å². The molecule has 0 amide bonds. The standard InChI is InChI=1S/C6H10O2.C4H6/c1-3-5-8-6(7)4-2;1-3-4-2/h4H,2-3,5H2,1H3;3-4H,1-2H2. The molecule has 0 fully saturated rings. The molecule has 2 nitrogen and oxygen atoms in total. The molecule has 0 atom stereocenters. The molecule has 0 saturated heterocycles. The third-order valence-electron chi connectivity index (χ3n) is 0.782. The number of rotatable bonds is 4. The van der Waals surface area contributed by atoms with E-state index in [0.717, 1.165) is 12.5 Å². The van der Waals surface area contributed by atoms with Crippen LogP contribution in [0.1, 0.15) is 13.3 Å². The number of hydrogen-bond acceptors (Lipinski definition) is 2. The fourth-order valence-corrected chi connectivity index (χ4v) is 0.262. The highest BCUT2D eigenvalue weighted by Crippen LogP contribution is 1.81. The first kappa shape index (κ1) is 13.3. The molecule has 0 radical (unpaired) electrons. The average Bonchev–Trinajstić information content (AvgIpc) is 2.14. The van der Waals surface area contributed by atoms with E-state index in [-0.39, 0.29) is 5.97 Å². The molecule has 0 bridgehead atoms. The first-order valence-corrected chi connectivity index (χ1v) is 3.75. The van der Waals surface area contributed by atoms with Crippen LogP contribution in [0, 0.1) is 0 Å². The van der Waals surface area contributed by atoms with Crippen molar-refractivity contribution in [1.82, 2.24) is 0 Å². The highest BCUT2D eigenvalue weighted by molar-refractivity contribution is 5.81. The summed E-state index contributed by atoms with van der Waals surface area (Å²) in [5.41, 5.74) is 0. The summed E-state index contributed by atoms with van der Waals surface area (Å²) in [7, 11) is 0. The second-order valence-corrected chi connectivity index (χ2v) is 1.84. The van der Waals surface area contributed by atoms with Crippen LogP contribution in [0.25, 0.3) is 0 Å². The SMILES string of the molecule is C=CC(=O)OCCC.C=CC=C. The lowest BCUT2D eigenvalue weighted by Crippen LogP contribution is -1.99. The van der Waals surface area contributed by atoms with Crippen LogP contribution < -0.4 is 0 Å². The van der Waals surface area contributed by atoms with Crippen LogP contribution in [0.3, 0.4) is 0 Å². The Morgan fingerprint density at radius 1 is 1.33 bits per heavy atom. The molecule has 12 heavy (non-hydrogen) atoms. The second kappa shape index (κ2) is 12.4. The minimum Gasteiger partial charge on any atom is -0.463 e. The maximum atomic E-state index is 10.2. The van der Waals surface area contributed by atoms with Gasteiger partial charge in [0, 0.05) is 6.08 Å². The molecule has 0 spiro atoms. The zero-order valence-electron chi connectivity index (χ0n) is 7.58. The highest BCUT2D eigenvalue weighted by Gasteiger charge is 1.89. The average molecular weight is 168 g/mol. The summed E-state index contributed by atoms with van der Waals surface area (Å²) in [5.74, 6) is -0.341. The molecule has 0 saturated carbocycles. The molecule has 0 rings (SSSR count). The molecular weight excluding hydrogens is 152 g/mol. The maximum absolute atomic E-state index is 10.2. The summed E-state index contributed by atoms with van der Waals surface area (Å²) in [5, 5.41) is 0. The Bertz CT molecular complexity index is 142. The molecule has 0 aromatic heterocycles. The molecule has 2 heteroatoms. The highest BCUT2D eigenvalue weighted by atomic mass is 16.5.